The number of pyridine rings is 1. The van der Waals surface area contributed by atoms with Crippen molar-refractivity contribution >= 4 is 20.3 Å². The summed E-state index contributed by atoms with van der Waals surface area (Å²) in [5.41, 5.74) is 1.04. The third-order valence-electron chi connectivity index (χ3n) is 1.17. The summed E-state index contributed by atoms with van der Waals surface area (Å²) in [6, 6.07) is 6.83. The van der Waals surface area contributed by atoms with Crippen molar-refractivity contribution in [3.8, 4) is 0 Å². The Hall–Kier alpha value is 0.196. The number of nitrogens with two attached hydrogens (primary N) is 1. The predicted molar refractivity (Wildman–Crippen MR) is 54.2 cm³/mol. The second kappa shape index (κ2) is 10.3. The van der Waals surface area contributed by atoms with E-state index in [-0.39, 0.29) is 6.15 Å². The van der Waals surface area contributed by atoms with Gasteiger partial charge in [0.15, 0.2) is 0 Å². The van der Waals surface area contributed by atoms with Gasteiger partial charge in [-0.15, -0.1) is 0 Å². The fraction of sp³-hybridized carbons (Fsp3) is 0.375. The predicted octanol–water partition coefficient (Wildman–Crippen LogP) is 4.10. The van der Waals surface area contributed by atoms with Crippen LogP contribution in [0, 0.1) is 6.07 Å². The first-order chi connectivity index (χ1) is 5.72. The smallest absolute Gasteiger partial charge is 0.693 e. The minimum Gasteiger partial charge on any atom is -0.693 e. The van der Waals surface area contributed by atoms with Crippen LogP contribution in [0.1, 0.15) is 25.5 Å². The molecule has 1 heterocycles. The maximum atomic E-state index is 4.73. The Kier molecular flexibility index (Phi) is 12.4. The van der Waals surface area contributed by atoms with Crippen molar-refractivity contribution in [3.05, 3.63) is 36.2 Å². The van der Waals surface area contributed by atoms with Crippen molar-refractivity contribution in [2.75, 3.05) is 0 Å². The molecule has 0 bridgehead atoms. The van der Waals surface area contributed by atoms with Crippen LogP contribution in [-0.4, -0.2) is 4.98 Å². The number of nitrogens with zero attached hydrogens (tertiary/aromatic N) is 1. The number of hydrogen-bond acceptors (Lipinski definition) is 1. The Labute approximate surface area is 94.1 Å². The standard InChI is InChI=1S/C8H10N.2ClH.Co.H2N/c1-7(2)8-5-3-4-6-9-8;;;;/h3-4,6-7H,1-2H3;2*1H;;1H2/q-1;;;+2;-1/p-2. The molecule has 0 aliphatic heterocycles. The molecule has 1 rings (SSSR count). The van der Waals surface area contributed by atoms with Gasteiger partial charge in [0.05, 0.1) is 0 Å². The molecule has 0 spiro atoms. The molecule has 5 heteroatoms. The number of aromatic nitrogens is 1. The van der Waals surface area contributed by atoms with Gasteiger partial charge >= 0.3 is 33.2 Å². The first kappa shape index (κ1) is 15.7. The van der Waals surface area contributed by atoms with Gasteiger partial charge in [-0.25, -0.2) is 12.1 Å². The van der Waals surface area contributed by atoms with Crippen LogP contribution < -0.4 is 0 Å². The molecule has 13 heavy (non-hydrogen) atoms. The molecule has 2 nitrogen and oxygen atoms in total. The van der Waals surface area contributed by atoms with Gasteiger partial charge in [0, 0.05) is 0 Å². The normalized spacial score (nSPS) is 8.69. The molecule has 0 aliphatic carbocycles. The van der Waals surface area contributed by atoms with Crippen LogP contribution >= 0.6 is 20.3 Å². The van der Waals surface area contributed by atoms with Crippen LogP contribution in [0.5, 0.6) is 0 Å². The van der Waals surface area contributed by atoms with Crippen molar-refractivity contribution in [2.45, 2.75) is 19.8 Å². The molecule has 0 aliphatic rings. The molecule has 1 aromatic rings. The first-order valence-corrected chi connectivity index (χ1v) is 6.25. The van der Waals surface area contributed by atoms with E-state index in [4.69, 9.17) is 20.3 Å². The average Bonchev–Trinajstić information content (AvgIpc) is 2.07. The molecule has 0 radical (unpaired) electrons. The van der Waals surface area contributed by atoms with Crippen molar-refractivity contribution in [1.82, 2.24) is 4.98 Å². The molecule has 0 amide bonds. The van der Waals surface area contributed by atoms with Crippen molar-refractivity contribution in [3.63, 3.8) is 0 Å². The molecule has 1 aromatic heterocycles. The Bertz CT molecular complexity index is 195. The van der Waals surface area contributed by atoms with E-state index in [0.717, 1.165) is 5.69 Å². The monoisotopic (exact) mass is 265 g/mol. The third-order valence-corrected chi connectivity index (χ3v) is 1.17. The van der Waals surface area contributed by atoms with Gasteiger partial charge in [0.1, 0.15) is 0 Å². The zero-order chi connectivity index (χ0) is 9.40. The second-order valence-electron chi connectivity index (χ2n) is 2.37. The summed E-state index contributed by atoms with van der Waals surface area (Å²) in [5.74, 6) is 0.492. The Morgan fingerprint density at radius 2 is 2.00 bits per heavy atom. The first-order valence-electron chi connectivity index (χ1n) is 3.38. The largest absolute Gasteiger partial charge is 0.693 e. The topological polar surface area (TPSA) is 46.4 Å². The van der Waals surface area contributed by atoms with E-state index in [0.29, 0.717) is 18.8 Å². The minimum atomic E-state index is 0. The van der Waals surface area contributed by atoms with Crippen molar-refractivity contribution in [1.29, 1.82) is 0 Å². The summed E-state index contributed by atoms with van der Waals surface area (Å²) in [6.07, 6.45) is 1.80. The third kappa shape index (κ3) is 8.52. The maximum absolute atomic E-state index is 4.73. The fourth-order valence-corrected chi connectivity index (χ4v) is 0.653. The maximum Gasteiger partial charge on any atom is -0.693 e. The Morgan fingerprint density at radius 3 is 2.23 bits per heavy atom. The molecule has 0 unspecified atom stereocenters. The van der Waals surface area contributed by atoms with Crippen LogP contribution in [-0.2, 0) is 12.9 Å². The fourth-order valence-electron chi connectivity index (χ4n) is 0.653. The number of hydrogen-bond donors (Lipinski definition) is 0. The van der Waals surface area contributed by atoms with Gasteiger partial charge in [-0.3, -0.25) is 0 Å². The molecule has 2 N–H and O–H groups in total. The summed E-state index contributed by atoms with van der Waals surface area (Å²) < 4.78 is 0. The Balaban J connectivity index is 0. The van der Waals surface area contributed by atoms with Crippen LogP contribution in [0.4, 0.5) is 0 Å². The molecule has 0 aromatic carbocycles. The molecule has 79 valence electrons. The molecule has 0 saturated carbocycles. The van der Waals surface area contributed by atoms with Crippen molar-refractivity contribution < 1.29 is 12.9 Å². The van der Waals surface area contributed by atoms with Gasteiger partial charge < -0.3 is 11.1 Å². The van der Waals surface area contributed by atoms with Gasteiger partial charge in [0.25, 0.3) is 0 Å². The van der Waals surface area contributed by atoms with Gasteiger partial charge in [-0.1, -0.05) is 20.0 Å². The average molecular weight is 266 g/mol. The molecule has 0 atom stereocenters. The zero-order valence-electron chi connectivity index (χ0n) is 7.42. The van der Waals surface area contributed by atoms with Gasteiger partial charge in [-0.05, 0) is 11.6 Å². The summed E-state index contributed by atoms with van der Waals surface area (Å²) in [6.45, 7) is 4.22. The number of rotatable bonds is 1. The molecule has 0 fully saturated rings. The van der Waals surface area contributed by atoms with E-state index < -0.39 is 0 Å². The van der Waals surface area contributed by atoms with E-state index in [9.17, 15) is 0 Å². The quantitative estimate of drug-likeness (QED) is 0.706. The summed E-state index contributed by atoms with van der Waals surface area (Å²) in [5, 5.41) is 0. The van der Waals surface area contributed by atoms with Gasteiger partial charge in [0.2, 0.25) is 0 Å². The van der Waals surface area contributed by atoms with E-state index in [1.165, 1.54) is 0 Å². The SMILES string of the molecule is CC(C)c1[c-]cccn1.[Cl][Co][Cl].[NH2-]. The van der Waals surface area contributed by atoms with Crippen LogP contribution in [0.3, 0.4) is 0 Å². The molecular weight excluding hydrogens is 254 g/mol. The van der Waals surface area contributed by atoms with Crippen LogP contribution in [0.15, 0.2) is 18.3 Å². The zero-order valence-corrected chi connectivity index (χ0v) is 9.98. The minimum absolute atomic E-state index is 0. The second-order valence-corrected chi connectivity index (χ2v) is 4.09. The van der Waals surface area contributed by atoms with E-state index in [2.05, 4.69) is 24.9 Å². The van der Waals surface area contributed by atoms with Crippen molar-refractivity contribution in [2.24, 2.45) is 0 Å². The van der Waals surface area contributed by atoms with E-state index in [1.54, 1.807) is 6.20 Å². The van der Waals surface area contributed by atoms with Crippen LogP contribution in [0.25, 0.3) is 6.15 Å². The summed E-state index contributed by atoms with van der Waals surface area (Å²) >= 11 is 0.382. The molecular formula is C8H12Cl2CoN2-2. The van der Waals surface area contributed by atoms with Gasteiger partial charge in [-0.2, -0.15) is 6.07 Å². The summed E-state index contributed by atoms with van der Waals surface area (Å²) in [4.78, 5) is 4.12. The van der Waals surface area contributed by atoms with E-state index in [1.807, 2.05) is 12.1 Å². The van der Waals surface area contributed by atoms with Crippen LogP contribution in [0.2, 0.25) is 0 Å². The Morgan fingerprint density at radius 1 is 1.46 bits per heavy atom. The molecule has 0 saturated heterocycles. The van der Waals surface area contributed by atoms with E-state index >= 15 is 0 Å². The summed E-state index contributed by atoms with van der Waals surface area (Å²) in [7, 11) is 9.47. The number of halogens is 2.